The number of aromatic nitrogens is 4. The topological polar surface area (TPSA) is 61.4 Å². The lowest BCUT2D eigenvalue weighted by Crippen LogP contribution is -2.27. The second-order valence-electron chi connectivity index (χ2n) is 9.25. The average Bonchev–Trinajstić information content (AvgIpc) is 3.39. The van der Waals surface area contributed by atoms with E-state index in [0.29, 0.717) is 0 Å². The smallest absolute Gasteiger partial charge is 0.420 e. The van der Waals surface area contributed by atoms with E-state index in [2.05, 4.69) is 30.0 Å². The molecule has 5 rings (SSSR count). The summed E-state index contributed by atoms with van der Waals surface area (Å²) in [5.74, 6) is 0.254. The van der Waals surface area contributed by atoms with Gasteiger partial charge in [0.1, 0.15) is 16.8 Å². The molecule has 6 nitrogen and oxygen atoms in total. The molecule has 4 aromatic heterocycles. The number of carbonyl (C=O) groups is 1. The molecule has 0 radical (unpaired) electrons. The van der Waals surface area contributed by atoms with Gasteiger partial charge in [-0.3, -0.25) is 0 Å². The molecule has 156 valence electrons. The van der Waals surface area contributed by atoms with E-state index in [1.807, 2.05) is 36.9 Å². The number of nitrogens with zero attached hydrogens (tertiary/aromatic N) is 4. The Morgan fingerprint density at radius 1 is 1.23 bits per heavy atom. The van der Waals surface area contributed by atoms with Crippen molar-refractivity contribution in [2.45, 2.75) is 65.4 Å². The van der Waals surface area contributed by atoms with Crippen molar-refractivity contribution in [1.29, 1.82) is 0 Å². The Balaban J connectivity index is 1.87. The monoisotopic (exact) mass is 422 g/mol. The summed E-state index contributed by atoms with van der Waals surface area (Å²) in [5, 5.41) is 7.59. The summed E-state index contributed by atoms with van der Waals surface area (Å²) in [5.41, 5.74) is 6.08. The Bertz CT molecular complexity index is 1290. The van der Waals surface area contributed by atoms with Crippen molar-refractivity contribution in [3.8, 4) is 11.3 Å². The van der Waals surface area contributed by atoms with Crippen molar-refractivity contribution >= 4 is 33.3 Å². The molecule has 4 heterocycles. The van der Waals surface area contributed by atoms with Crippen molar-refractivity contribution in [3.05, 3.63) is 40.7 Å². The Hall–Kier alpha value is -2.67. The van der Waals surface area contributed by atoms with Gasteiger partial charge in [-0.15, -0.1) is 11.3 Å². The lowest BCUT2D eigenvalue weighted by Gasteiger charge is -2.22. The summed E-state index contributed by atoms with van der Waals surface area (Å²) in [6.45, 7) is 10.1. The van der Waals surface area contributed by atoms with Gasteiger partial charge >= 0.3 is 6.09 Å². The third-order valence-corrected chi connectivity index (χ3v) is 6.56. The molecule has 30 heavy (non-hydrogen) atoms. The van der Waals surface area contributed by atoms with Crippen LogP contribution in [0, 0.1) is 0 Å². The molecule has 0 saturated heterocycles. The molecule has 0 spiro atoms. The van der Waals surface area contributed by atoms with E-state index < -0.39 is 5.60 Å². The van der Waals surface area contributed by atoms with E-state index in [0.717, 1.165) is 46.4 Å². The van der Waals surface area contributed by atoms with Crippen molar-refractivity contribution in [3.63, 3.8) is 0 Å². The number of fused-ring (bicyclic) bond motifs is 4. The predicted molar refractivity (Wildman–Crippen MR) is 120 cm³/mol. The van der Waals surface area contributed by atoms with Gasteiger partial charge in [-0.1, -0.05) is 13.8 Å². The van der Waals surface area contributed by atoms with Crippen LogP contribution in [0.1, 0.15) is 63.6 Å². The van der Waals surface area contributed by atoms with E-state index in [-0.39, 0.29) is 12.0 Å². The summed E-state index contributed by atoms with van der Waals surface area (Å²) >= 11 is 1.58. The largest absolute Gasteiger partial charge is 0.443 e. The molecule has 0 amide bonds. The summed E-state index contributed by atoms with van der Waals surface area (Å²) in [6.07, 6.45) is 6.38. The van der Waals surface area contributed by atoms with Crippen molar-refractivity contribution in [1.82, 2.24) is 19.2 Å². The van der Waals surface area contributed by atoms with Crippen LogP contribution in [0.15, 0.2) is 24.0 Å². The second kappa shape index (κ2) is 6.67. The fraction of sp³-hybridized carbons (Fsp3) is 0.435. The zero-order valence-corrected chi connectivity index (χ0v) is 18.8. The number of hydrogen-bond donors (Lipinski definition) is 0. The molecule has 0 N–H and O–H groups in total. The molecular formula is C23H26N4O2S. The van der Waals surface area contributed by atoms with Gasteiger partial charge in [0.25, 0.3) is 0 Å². The van der Waals surface area contributed by atoms with Crippen LogP contribution in [0.25, 0.3) is 27.1 Å². The third kappa shape index (κ3) is 2.87. The zero-order valence-electron chi connectivity index (χ0n) is 18.0. The van der Waals surface area contributed by atoms with Crippen molar-refractivity contribution < 1.29 is 9.53 Å². The maximum Gasteiger partial charge on any atom is 0.420 e. The minimum atomic E-state index is -0.571. The fourth-order valence-electron chi connectivity index (χ4n) is 4.61. The van der Waals surface area contributed by atoms with Crippen molar-refractivity contribution in [2.24, 2.45) is 0 Å². The van der Waals surface area contributed by atoms with Crippen LogP contribution in [0.4, 0.5) is 4.79 Å². The minimum Gasteiger partial charge on any atom is -0.443 e. The highest BCUT2D eigenvalue weighted by atomic mass is 32.1. The van der Waals surface area contributed by atoms with Crippen LogP contribution in [0.2, 0.25) is 0 Å². The molecule has 0 fully saturated rings. The molecule has 7 heteroatoms. The van der Waals surface area contributed by atoms with Crippen LogP contribution >= 0.6 is 11.3 Å². The van der Waals surface area contributed by atoms with Gasteiger partial charge in [-0.05, 0) is 68.5 Å². The van der Waals surface area contributed by atoms with Crippen LogP contribution in [-0.4, -0.2) is 30.9 Å². The molecule has 0 unspecified atom stereocenters. The first-order chi connectivity index (χ1) is 14.3. The lowest BCUT2D eigenvalue weighted by atomic mass is 9.94. The molecule has 1 aliphatic carbocycles. The number of rotatable bonds is 2. The van der Waals surface area contributed by atoms with Gasteiger partial charge in [0.05, 0.1) is 5.69 Å². The Labute approximate surface area is 179 Å². The normalized spacial score (nSPS) is 14.2. The van der Waals surface area contributed by atoms with Gasteiger partial charge in [-0.25, -0.2) is 18.9 Å². The first-order valence-corrected chi connectivity index (χ1v) is 11.3. The summed E-state index contributed by atoms with van der Waals surface area (Å²) in [7, 11) is 0. The first kappa shape index (κ1) is 19.3. The van der Waals surface area contributed by atoms with Gasteiger partial charge in [0.15, 0.2) is 5.65 Å². The summed E-state index contributed by atoms with van der Waals surface area (Å²) < 4.78 is 9.48. The molecule has 4 aromatic rings. The molecular weight excluding hydrogens is 396 g/mol. The highest BCUT2D eigenvalue weighted by Gasteiger charge is 2.31. The molecule has 0 bridgehead atoms. The van der Waals surface area contributed by atoms with Crippen LogP contribution in [0.3, 0.4) is 0 Å². The molecule has 0 aliphatic heterocycles. The number of thiophene rings is 1. The average molecular weight is 423 g/mol. The maximum atomic E-state index is 13.4. The number of ether oxygens (including phenoxy) is 1. The SMILES string of the molecule is CC(C)c1c(-c2cn3ncnc3c3c2CCC3)n(C(=O)OC(C)(C)C)c2sccc12. The van der Waals surface area contributed by atoms with E-state index in [9.17, 15) is 4.79 Å². The Morgan fingerprint density at radius 3 is 2.73 bits per heavy atom. The second-order valence-corrected chi connectivity index (χ2v) is 10.1. The van der Waals surface area contributed by atoms with E-state index in [1.54, 1.807) is 22.2 Å². The molecule has 0 aromatic carbocycles. The molecule has 0 saturated carbocycles. The fourth-order valence-corrected chi connectivity index (χ4v) is 5.52. The van der Waals surface area contributed by atoms with Gasteiger partial charge in [0, 0.05) is 22.7 Å². The molecule has 1 aliphatic rings. The highest BCUT2D eigenvalue weighted by Crippen LogP contribution is 2.44. The van der Waals surface area contributed by atoms with Crippen molar-refractivity contribution in [2.75, 3.05) is 0 Å². The Kier molecular flexibility index (Phi) is 4.29. The zero-order chi connectivity index (χ0) is 21.2. The Morgan fingerprint density at radius 2 is 2.00 bits per heavy atom. The predicted octanol–water partition coefficient (Wildman–Crippen LogP) is 5.81. The van der Waals surface area contributed by atoms with Gasteiger partial charge in [0.2, 0.25) is 0 Å². The van der Waals surface area contributed by atoms with E-state index in [1.165, 1.54) is 16.7 Å². The van der Waals surface area contributed by atoms with Gasteiger partial charge in [-0.2, -0.15) is 5.10 Å². The van der Waals surface area contributed by atoms with Crippen LogP contribution in [-0.2, 0) is 17.6 Å². The summed E-state index contributed by atoms with van der Waals surface area (Å²) in [6, 6.07) is 2.12. The van der Waals surface area contributed by atoms with Gasteiger partial charge < -0.3 is 4.74 Å². The van der Waals surface area contributed by atoms with Crippen LogP contribution < -0.4 is 0 Å². The number of pyridine rings is 1. The first-order valence-electron chi connectivity index (χ1n) is 10.5. The lowest BCUT2D eigenvalue weighted by molar-refractivity contribution is 0.0547. The number of carbonyl (C=O) groups excluding carboxylic acids is 1. The van der Waals surface area contributed by atoms with E-state index >= 15 is 0 Å². The summed E-state index contributed by atoms with van der Waals surface area (Å²) in [4.78, 5) is 18.8. The van der Waals surface area contributed by atoms with Crippen LogP contribution in [0.5, 0.6) is 0 Å². The number of aryl methyl sites for hydroxylation is 1. The molecule has 0 atom stereocenters. The van der Waals surface area contributed by atoms with E-state index in [4.69, 9.17) is 4.74 Å². The standard InChI is InChI=1S/C23H26N4O2S/c1-13(2)18-16-9-10-30-21(16)27(22(28)29-23(3,4)5)19(18)17-11-26-20(24-12-25-26)15-8-6-7-14(15)17/h9-13H,6-8H2,1-5H3. The number of hydrogen-bond acceptors (Lipinski definition) is 5. The third-order valence-electron chi connectivity index (χ3n) is 5.66. The minimum absolute atomic E-state index is 0.254. The quantitative estimate of drug-likeness (QED) is 0.409. The maximum absolute atomic E-state index is 13.4. The highest BCUT2D eigenvalue weighted by molar-refractivity contribution is 7.17.